The molecule has 0 atom stereocenters. The summed E-state index contributed by atoms with van der Waals surface area (Å²) >= 11 is 7.24. The highest BCUT2D eigenvalue weighted by Gasteiger charge is 2.12. The molecular formula is C16H14ClN3O3S. The molecule has 6 nitrogen and oxygen atoms in total. The van der Waals surface area contributed by atoms with E-state index in [-0.39, 0.29) is 11.6 Å². The molecule has 0 aliphatic heterocycles. The number of rotatable bonds is 5. The van der Waals surface area contributed by atoms with Gasteiger partial charge in [-0.25, -0.2) is 4.98 Å². The first-order valence-electron chi connectivity index (χ1n) is 7.15. The van der Waals surface area contributed by atoms with E-state index in [2.05, 4.69) is 10.3 Å². The molecule has 0 aliphatic carbocycles. The van der Waals surface area contributed by atoms with E-state index in [1.165, 1.54) is 23.5 Å². The molecular weight excluding hydrogens is 350 g/mol. The van der Waals surface area contributed by atoms with Gasteiger partial charge in [0.1, 0.15) is 5.75 Å². The average Bonchev–Trinajstić information content (AvgIpc) is 2.97. The van der Waals surface area contributed by atoms with Crippen LogP contribution in [0.15, 0.2) is 36.4 Å². The van der Waals surface area contributed by atoms with Crippen molar-refractivity contribution in [2.24, 2.45) is 0 Å². The first kappa shape index (κ1) is 16.5. The maximum absolute atomic E-state index is 12.3. The summed E-state index contributed by atoms with van der Waals surface area (Å²) in [5.41, 5.74) is 3.35. The maximum Gasteiger partial charge on any atom is 0.257 e. The topological polar surface area (TPSA) is 83.5 Å². The summed E-state index contributed by atoms with van der Waals surface area (Å²) < 4.78 is 6.38. The molecule has 0 bridgehead atoms. The lowest BCUT2D eigenvalue weighted by Gasteiger charge is -2.05. The van der Waals surface area contributed by atoms with Gasteiger partial charge in [-0.2, -0.15) is 0 Å². The zero-order valence-electron chi connectivity index (χ0n) is 12.7. The Morgan fingerprint density at radius 3 is 2.92 bits per heavy atom. The highest BCUT2D eigenvalue weighted by molar-refractivity contribution is 7.22. The third-order valence-electron chi connectivity index (χ3n) is 3.24. The van der Waals surface area contributed by atoms with Crippen LogP contribution in [-0.4, -0.2) is 22.7 Å². The molecule has 124 valence electrons. The molecule has 1 amide bonds. The van der Waals surface area contributed by atoms with Crippen LogP contribution in [0.4, 0.5) is 10.8 Å². The van der Waals surface area contributed by atoms with Crippen molar-refractivity contribution in [2.75, 3.05) is 17.4 Å². The Morgan fingerprint density at radius 1 is 1.33 bits per heavy atom. The molecule has 0 radical (unpaired) electrons. The van der Waals surface area contributed by atoms with Gasteiger partial charge in [-0.15, -0.1) is 0 Å². The Kier molecular flexibility index (Phi) is 4.84. The molecule has 3 N–H and O–H groups in total. The highest BCUT2D eigenvalue weighted by Crippen LogP contribution is 2.30. The largest absolute Gasteiger partial charge is 0.494 e. The van der Waals surface area contributed by atoms with Gasteiger partial charge in [0, 0.05) is 5.56 Å². The van der Waals surface area contributed by atoms with Crippen LogP contribution in [0.25, 0.3) is 10.2 Å². The van der Waals surface area contributed by atoms with Gasteiger partial charge in [-0.1, -0.05) is 22.9 Å². The third-order valence-corrected chi connectivity index (χ3v) is 4.50. The minimum Gasteiger partial charge on any atom is -0.494 e. The fourth-order valence-electron chi connectivity index (χ4n) is 2.14. The maximum atomic E-state index is 12.3. The summed E-state index contributed by atoms with van der Waals surface area (Å²) in [6.45, 7) is 2.51. The molecule has 24 heavy (non-hydrogen) atoms. The molecule has 0 aliphatic rings. The summed E-state index contributed by atoms with van der Waals surface area (Å²) in [5, 5.41) is 12.5. The quantitative estimate of drug-likeness (QED) is 0.585. The molecule has 0 saturated heterocycles. The minimum atomic E-state index is -0.341. The number of halogens is 1. The molecule has 1 heterocycles. The predicted octanol–water partition coefficient (Wildman–Crippen LogP) is 4.40. The van der Waals surface area contributed by atoms with Gasteiger partial charge in [0.2, 0.25) is 0 Å². The summed E-state index contributed by atoms with van der Waals surface area (Å²) in [6, 6.07) is 10.1. The van der Waals surface area contributed by atoms with Crippen molar-refractivity contribution < 1.29 is 14.7 Å². The minimum absolute atomic E-state index is 0.259. The van der Waals surface area contributed by atoms with Crippen molar-refractivity contribution in [3.63, 3.8) is 0 Å². The molecule has 2 aromatic carbocycles. The number of fused-ring (bicyclic) bond motifs is 1. The van der Waals surface area contributed by atoms with E-state index in [9.17, 15) is 4.79 Å². The molecule has 1 aromatic heterocycles. The zero-order chi connectivity index (χ0) is 17.1. The van der Waals surface area contributed by atoms with E-state index in [0.29, 0.717) is 22.3 Å². The first-order valence-corrected chi connectivity index (χ1v) is 8.34. The van der Waals surface area contributed by atoms with Gasteiger partial charge < -0.3 is 4.74 Å². The lowest BCUT2D eigenvalue weighted by molar-refractivity contribution is 0.102. The Labute approximate surface area is 147 Å². The van der Waals surface area contributed by atoms with Crippen LogP contribution >= 0.6 is 22.9 Å². The lowest BCUT2D eigenvalue weighted by atomic mass is 10.2. The number of benzene rings is 2. The predicted molar refractivity (Wildman–Crippen MR) is 95.6 cm³/mol. The number of carbonyl (C=O) groups excluding carboxylic acids is 1. The Morgan fingerprint density at radius 2 is 2.17 bits per heavy atom. The summed E-state index contributed by atoms with van der Waals surface area (Å²) in [5.74, 6) is 0.426. The fourth-order valence-corrected chi connectivity index (χ4v) is 3.19. The van der Waals surface area contributed by atoms with Crippen molar-refractivity contribution in [1.29, 1.82) is 0 Å². The standard InChI is InChI=1S/C16H14ClN3O3S/c1-2-23-10-4-6-12-14(8-10)24-16(18-12)19-15(21)9-3-5-11(17)13(7-9)20-22/h3-8,20,22H,2H2,1H3,(H,18,19,21). The Balaban J connectivity index is 1.82. The lowest BCUT2D eigenvalue weighted by Crippen LogP contribution is -2.12. The number of nitrogens with zero attached hydrogens (tertiary/aromatic N) is 1. The number of hydrogen-bond donors (Lipinski definition) is 3. The smallest absolute Gasteiger partial charge is 0.257 e. The number of anilines is 2. The van der Waals surface area contributed by atoms with Crippen molar-refractivity contribution in [1.82, 2.24) is 4.98 Å². The van der Waals surface area contributed by atoms with Crippen molar-refractivity contribution in [2.45, 2.75) is 6.92 Å². The van der Waals surface area contributed by atoms with Crippen LogP contribution < -0.4 is 15.5 Å². The van der Waals surface area contributed by atoms with E-state index in [1.807, 2.05) is 30.6 Å². The van der Waals surface area contributed by atoms with Gasteiger partial charge in [0.15, 0.2) is 5.13 Å². The normalized spacial score (nSPS) is 10.6. The molecule has 0 unspecified atom stereocenters. The SMILES string of the molecule is CCOc1ccc2nc(NC(=O)c3ccc(Cl)c(NO)c3)sc2c1. The van der Waals surface area contributed by atoms with E-state index in [4.69, 9.17) is 21.5 Å². The number of nitrogens with one attached hydrogen (secondary N) is 2. The number of thiazole rings is 1. The molecule has 0 spiro atoms. The number of hydrogen-bond acceptors (Lipinski definition) is 6. The second kappa shape index (κ2) is 7.04. The van der Waals surface area contributed by atoms with Crippen LogP contribution in [0, 0.1) is 0 Å². The van der Waals surface area contributed by atoms with Crippen molar-refractivity contribution in [3.8, 4) is 5.75 Å². The van der Waals surface area contributed by atoms with E-state index < -0.39 is 0 Å². The van der Waals surface area contributed by atoms with Crippen LogP contribution in [0.5, 0.6) is 5.75 Å². The number of carbonyl (C=O) groups is 1. The first-order chi connectivity index (χ1) is 11.6. The van der Waals surface area contributed by atoms with E-state index >= 15 is 0 Å². The summed E-state index contributed by atoms with van der Waals surface area (Å²) in [7, 11) is 0. The second-order valence-electron chi connectivity index (χ2n) is 4.84. The van der Waals surface area contributed by atoms with Crippen molar-refractivity contribution in [3.05, 3.63) is 47.0 Å². The fraction of sp³-hybridized carbons (Fsp3) is 0.125. The third kappa shape index (κ3) is 3.43. The van der Waals surface area contributed by atoms with Gasteiger partial charge in [-0.05, 0) is 43.3 Å². The van der Waals surface area contributed by atoms with Crippen LogP contribution in [0.3, 0.4) is 0 Å². The van der Waals surface area contributed by atoms with Crippen LogP contribution in [-0.2, 0) is 0 Å². The Bertz CT molecular complexity index is 897. The summed E-state index contributed by atoms with van der Waals surface area (Å²) in [6.07, 6.45) is 0. The number of ether oxygens (including phenoxy) is 1. The monoisotopic (exact) mass is 363 g/mol. The molecule has 3 rings (SSSR count). The van der Waals surface area contributed by atoms with Gasteiger partial charge >= 0.3 is 0 Å². The second-order valence-corrected chi connectivity index (χ2v) is 6.28. The number of amides is 1. The van der Waals surface area contributed by atoms with E-state index in [0.717, 1.165) is 16.0 Å². The van der Waals surface area contributed by atoms with Crippen LogP contribution in [0.2, 0.25) is 5.02 Å². The van der Waals surface area contributed by atoms with Gasteiger partial charge in [0.05, 0.1) is 27.5 Å². The van der Waals surface area contributed by atoms with Gasteiger partial charge in [-0.3, -0.25) is 20.8 Å². The average molecular weight is 364 g/mol. The highest BCUT2D eigenvalue weighted by atomic mass is 35.5. The van der Waals surface area contributed by atoms with E-state index in [1.54, 1.807) is 6.07 Å². The molecule has 8 heteroatoms. The van der Waals surface area contributed by atoms with Crippen molar-refractivity contribution >= 4 is 49.9 Å². The molecule has 3 aromatic rings. The molecule has 0 fully saturated rings. The Hall–Kier alpha value is -2.35. The number of aromatic nitrogens is 1. The van der Waals surface area contributed by atoms with Gasteiger partial charge in [0.25, 0.3) is 5.91 Å². The molecule has 0 saturated carbocycles. The summed E-state index contributed by atoms with van der Waals surface area (Å²) in [4.78, 5) is 16.7. The zero-order valence-corrected chi connectivity index (χ0v) is 14.2. The van der Waals surface area contributed by atoms with Crippen LogP contribution in [0.1, 0.15) is 17.3 Å².